The fraction of sp³-hybridized carbons (Fsp3) is 0.128. The highest BCUT2D eigenvalue weighted by Crippen LogP contribution is 2.32. The van der Waals surface area contributed by atoms with Gasteiger partial charge in [-0.2, -0.15) is 10.2 Å². The van der Waals surface area contributed by atoms with E-state index in [1.807, 2.05) is 120 Å². The van der Waals surface area contributed by atoms with Crippen molar-refractivity contribution in [3.63, 3.8) is 0 Å². The number of primary amides is 2. The number of aryl methyl sites for hydroxylation is 4. The van der Waals surface area contributed by atoms with Crippen molar-refractivity contribution in [3.8, 4) is 45.3 Å². The Bertz CT molecular complexity index is 2680. The Labute approximate surface area is 356 Å². The van der Waals surface area contributed by atoms with Crippen LogP contribution in [0.25, 0.3) is 45.3 Å². The Morgan fingerprint density at radius 3 is 1.42 bits per heavy atom. The van der Waals surface area contributed by atoms with Gasteiger partial charge in [-0.25, -0.2) is 14.3 Å². The van der Waals surface area contributed by atoms with E-state index in [0.717, 1.165) is 67.8 Å². The first-order valence-corrected chi connectivity index (χ1v) is 19.6. The number of carbonyl (C=O) groups is 4. The van der Waals surface area contributed by atoms with Crippen LogP contribution in [0.3, 0.4) is 0 Å². The van der Waals surface area contributed by atoms with Gasteiger partial charge in [-0.3, -0.25) is 19.2 Å². The van der Waals surface area contributed by atoms with Crippen LogP contribution in [0, 0.1) is 13.8 Å². The lowest BCUT2D eigenvalue weighted by molar-refractivity contribution is -0.138. The Balaban J connectivity index is 0.000000186. The van der Waals surface area contributed by atoms with Crippen molar-refractivity contribution < 1.29 is 29.4 Å². The van der Waals surface area contributed by atoms with Crippen LogP contribution in [0.4, 0.5) is 0 Å². The van der Waals surface area contributed by atoms with Crippen LogP contribution in [-0.4, -0.2) is 67.6 Å². The van der Waals surface area contributed by atoms with Crippen molar-refractivity contribution in [1.82, 2.24) is 33.7 Å². The van der Waals surface area contributed by atoms with Crippen LogP contribution in [-0.2, 0) is 22.4 Å². The van der Waals surface area contributed by atoms with Gasteiger partial charge in [0.25, 0.3) is 0 Å². The molecule has 15 heteroatoms. The molecule has 6 N–H and O–H groups in total. The van der Waals surface area contributed by atoms with E-state index in [9.17, 15) is 19.2 Å². The number of carboxylic acids is 2. The molecule has 0 aliphatic rings. The number of rotatable bonds is 14. The molecule has 0 spiro atoms. The van der Waals surface area contributed by atoms with Gasteiger partial charge in [0, 0.05) is 46.3 Å². The molecule has 4 aromatic heterocycles. The van der Waals surface area contributed by atoms with Crippen LogP contribution >= 0.6 is 0 Å². The van der Waals surface area contributed by atoms with E-state index >= 15 is 0 Å². The number of hydrogen-bond acceptors (Lipinski definition) is 7. The largest absolute Gasteiger partial charge is 0.481 e. The molecular weight excluding hydrogens is 787 g/mol. The van der Waals surface area contributed by atoms with Gasteiger partial charge < -0.3 is 30.8 Å². The molecule has 2 amide bonds. The number of aliphatic carboxylic acids is 2. The Morgan fingerprint density at radius 2 is 1.05 bits per heavy atom. The zero-order chi connectivity index (χ0) is 43.9. The molecule has 0 bridgehead atoms. The Hall–Kier alpha value is -8.33. The highest BCUT2D eigenvalue weighted by molar-refractivity contribution is 5.94. The molecule has 0 aliphatic carbocycles. The molecule has 8 rings (SSSR count). The normalized spacial score (nSPS) is 10.9. The first-order valence-electron chi connectivity index (χ1n) is 19.6. The Morgan fingerprint density at radius 1 is 0.581 bits per heavy atom. The summed E-state index contributed by atoms with van der Waals surface area (Å²) in [6.07, 6.45) is 7.53. The SMILES string of the molecule is Cc1cc(C(N)=O)ccc1-n1c(CCC(=O)O)ccc1-c1ccc(-n2cccn2)cc1.Cc1cc(C(N)=O)ccc1-n1c(CCC(=O)O)ccc1-c1ccc(-n2cncn2)cc1. The van der Waals surface area contributed by atoms with E-state index < -0.39 is 23.8 Å². The van der Waals surface area contributed by atoms with Gasteiger partial charge in [-0.15, -0.1) is 0 Å². The molecule has 15 nitrogen and oxygen atoms in total. The Kier molecular flexibility index (Phi) is 12.3. The topological polar surface area (TPSA) is 219 Å². The first kappa shape index (κ1) is 41.8. The summed E-state index contributed by atoms with van der Waals surface area (Å²) < 4.78 is 7.54. The second-order valence-corrected chi connectivity index (χ2v) is 14.5. The molecule has 0 fully saturated rings. The summed E-state index contributed by atoms with van der Waals surface area (Å²) in [6, 6.07) is 36.1. The van der Waals surface area contributed by atoms with Crippen LogP contribution in [0.1, 0.15) is 56.1 Å². The smallest absolute Gasteiger partial charge is 0.303 e. The molecule has 8 aromatic rings. The molecule has 4 heterocycles. The first-order chi connectivity index (χ1) is 29.9. The molecule has 62 heavy (non-hydrogen) atoms. The number of nitrogens with zero attached hydrogens (tertiary/aromatic N) is 7. The van der Waals surface area contributed by atoms with Crippen molar-refractivity contribution in [2.75, 3.05) is 0 Å². The summed E-state index contributed by atoms with van der Waals surface area (Å²) in [5.74, 6) is -2.68. The molecule has 0 saturated carbocycles. The maximum absolute atomic E-state index is 11.6. The van der Waals surface area contributed by atoms with Crippen molar-refractivity contribution in [2.24, 2.45) is 11.5 Å². The highest BCUT2D eigenvalue weighted by atomic mass is 16.4. The van der Waals surface area contributed by atoms with Crippen molar-refractivity contribution in [2.45, 2.75) is 39.5 Å². The minimum atomic E-state index is -0.854. The van der Waals surface area contributed by atoms with Crippen LogP contribution in [0.5, 0.6) is 0 Å². The number of carbonyl (C=O) groups excluding carboxylic acids is 2. The van der Waals surface area contributed by atoms with E-state index in [0.29, 0.717) is 24.0 Å². The van der Waals surface area contributed by atoms with Gasteiger partial charge >= 0.3 is 11.9 Å². The second kappa shape index (κ2) is 18.3. The average molecular weight is 830 g/mol. The van der Waals surface area contributed by atoms with Crippen LogP contribution in [0.15, 0.2) is 140 Å². The lowest BCUT2D eigenvalue weighted by atomic mass is 10.1. The van der Waals surface area contributed by atoms with Crippen LogP contribution < -0.4 is 11.5 Å². The summed E-state index contributed by atoms with van der Waals surface area (Å²) in [4.78, 5) is 49.4. The second-order valence-electron chi connectivity index (χ2n) is 14.5. The third-order valence-electron chi connectivity index (χ3n) is 10.3. The van der Waals surface area contributed by atoms with E-state index in [1.54, 1.807) is 46.2 Å². The molecule has 0 aliphatic heterocycles. The fourth-order valence-electron chi connectivity index (χ4n) is 7.29. The molecule has 0 atom stereocenters. The number of aromatic nitrogens is 7. The summed E-state index contributed by atoms with van der Waals surface area (Å²) in [6.45, 7) is 3.81. The standard InChI is InChI=1S/C24H22N4O3.C23H21N5O3/c1-16-15-18(24(25)31)5-10-21(16)28-20(9-12-23(29)30)8-11-22(28)17-3-6-19(7-4-17)27-14-2-13-26-27;1-15-12-17(23(24)31)4-9-20(15)28-19(8-11-22(29)30)7-10-21(28)16-2-5-18(6-3-16)27-14-25-13-26-27/h2-8,10-11,13-15H,9,12H2,1H3,(H2,25,31)(H,29,30);2-7,9-10,12-14H,8,11H2,1H3,(H2,24,31)(H,29,30). The van der Waals surface area contributed by atoms with Gasteiger partial charge in [0.2, 0.25) is 11.8 Å². The number of amides is 2. The van der Waals surface area contributed by atoms with Gasteiger partial charge in [0.05, 0.1) is 35.6 Å². The molecule has 0 unspecified atom stereocenters. The fourth-order valence-corrected chi connectivity index (χ4v) is 7.29. The lowest BCUT2D eigenvalue weighted by Crippen LogP contribution is -2.12. The molecule has 4 aromatic carbocycles. The van der Waals surface area contributed by atoms with Gasteiger partial charge in [-0.1, -0.05) is 24.3 Å². The van der Waals surface area contributed by atoms with Crippen molar-refractivity contribution in [1.29, 1.82) is 0 Å². The van der Waals surface area contributed by atoms with E-state index in [1.165, 1.54) is 6.33 Å². The summed E-state index contributed by atoms with van der Waals surface area (Å²) in [5.41, 5.74) is 22.5. The van der Waals surface area contributed by atoms with Crippen LogP contribution in [0.2, 0.25) is 0 Å². The predicted octanol–water partition coefficient (Wildman–Crippen LogP) is 6.90. The van der Waals surface area contributed by atoms with E-state index in [-0.39, 0.29) is 12.8 Å². The average Bonchev–Trinajstić information content (AvgIpc) is 4.11. The quantitative estimate of drug-likeness (QED) is 0.0894. The summed E-state index contributed by atoms with van der Waals surface area (Å²) in [5, 5.41) is 26.7. The number of hydrogen-bond donors (Lipinski definition) is 4. The summed E-state index contributed by atoms with van der Waals surface area (Å²) >= 11 is 0. The van der Waals surface area contributed by atoms with E-state index in [4.69, 9.17) is 21.7 Å². The van der Waals surface area contributed by atoms with Gasteiger partial charge in [0.15, 0.2) is 0 Å². The number of carboxylic acid groups (broad SMARTS) is 2. The maximum atomic E-state index is 11.6. The zero-order valence-corrected chi connectivity index (χ0v) is 33.9. The third kappa shape index (κ3) is 9.26. The third-order valence-corrected chi connectivity index (χ3v) is 10.3. The number of nitrogens with two attached hydrogens (primary N) is 2. The predicted molar refractivity (Wildman–Crippen MR) is 233 cm³/mol. The van der Waals surface area contributed by atoms with Gasteiger partial charge in [-0.05, 0) is 140 Å². The van der Waals surface area contributed by atoms with Crippen molar-refractivity contribution >= 4 is 23.8 Å². The molecule has 0 radical (unpaired) electrons. The lowest BCUT2D eigenvalue weighted by Gasteiger charge is -2.17. The summed E-state index contributed by atoms with van der Waals surface area (Å²) in [7, 11) is 0. The monoisotopic (exact) mass is 829 g/mol. The number of benzene rings is 4. The molecule has 0 saturated heterocycles. The minimum absolute atomic E-state index is 0.0209. The van der Waals surface area contributed by atoms with E-state index in [2.05, 4.69) is 15.2 Å². The van der Waals surface area contributed by atoms with Gasteiger partial charge in [0.1, 0.15) is 12.7 Å². The maximum Gasteiger partial charge on any atom is 0.303 e. The zero-order valence-electron chi connectivity index (χ0n) is 33.9. The minimum Gasteiger partial charge on any atom is -0.481 e. The van der Waals surface area contributed by atoms with Crippen molar-refractivity contribution in [3.05, 3.63) is 174 Å². The molecule has 312 valence electrons. The highest BCUT2D eigenvalue weighted by Gasteiger charge is 2.18. The molecular formula is C47H43N9O6.